The standard InChI is InChI=1S/C10H9ClS/c1-7-8-4-2-3-5-9(8)12-10(7)6-11/h2-5H,6H2,1H3. The highest BCUT2D eigenvalue weighted by Gasteiger charge is 2.05. The maximum Gasteiger partial charge on any atom is 0.0571 e. The van der Waals surface area contributed by atoms with Gasteiger partial charge in [-0.1, -0.05) is 18.2 Å². The average molecular weight is 197 g/mol. The predicted molar refractivity (Wildman–Crippen MR) is 56.1 cm³/mol. The molecule has 0 aliphatic heterocycles. The Morgan fingerprint density at radius 3 is 2.75 bits per heavy atom. The molecule has 0 aliphatic carbocycles. The van der Waals surface area contributed by atoms with Crippen LogP contribution >= 0.6 is 22.9 Å². The van der Waals surface area contributed by atoms with Gasteiger partial charge in [-0.25, -0.2) is 0 Å². The molecular weight excluding hydrogens is 188 g/mol. The first-order valence-corrected chi connectivity index (χ1v) is 5.21. The number of alkyl halides is 1. The van der Waals surface area contributed by atoms with Crippen LogP contribution in [0.25, 0.3) is 10.1 Å². The van der Waals surface area contributed by atoms with Crippen LogP contribution in [0.3, 0.4) is 0 Å². The third-order valence-corrected chi connectivity index (χ3v) is 3.76. The minimum atomic E-state index is 0.630. The summed E-state index contributed by atoms with van der Waals surface area (Å²) in [5.74, 6) is 0.630. The van der Waals surface area contributed by atoms with Gasteiger partial charge in [0.2, 0.25) is 0 Å². The van der Waals surface area contributed by atoms with Crippen molar-refractivity contribution in [1.29, 1.82) is 0 Å². The van der Waals surface area contributed by atoms with Crippen LogP contribution < -0.4 is 0 Å². The fraction of sp³-hybridized carbons (Fsp3) is 0.200. The minimum absolute atomic E-state index is 0.630. The Labute approximate surface area is 80.8 Å². The highest BCUT2D eigenvalue weighted by molar-refractivity contribution is 7.19. The van der Waals surface area contributed by atoms with E-state index in [0.29, 0.717) is 5.88 Å². The summed E-state index contributed by atoms with van der Waals surface area (Å²) in [6.45, 7) is 2.14. The van der Waals surface area contributed by atoms with Crippen LogP contribution in [0.2, 0.25) is 0 Å². The van der Waals surface area contributed by atoms with Gasteiger partial charge in [0.15, 0.2) is 0 Å². The van der Waals surface area contributed by atoms with E-state index >= 15 is 0 Å². The van der Waals surface area contributed by atoms with Crippen molar-refractivity contribution >= 4 is 33.0 Å². The fourth-order valence-corrected chi connectivity index (χ4v) is 2.78. The van der Waals surface area contributed by atoms with Gasteiger partial charge in [-0.05, 0) is 23.9 Å². The fourth-order valence-electron chi connectivity index (χ4n) is 1.35. The predicted octanol–water partition coefficient (Wildman–Crippen LogP) is 3.95. The molecule has 2 rings (SSSR count). The Morgan fingerprint density at radius 1 is 1.33 bits per heavy atom. The third kappa shape index (κ3) is 1.13. The largest absolute Gasteiger partial charge is 0.139 e. The van der Waals surface area contributed by atoms with Gasteiger partial charge in [0.25, 0.3) is 0 Å². The van der Waals surface area contributed by atoms with Crippen LogP contribution in [-0.4, -0.2) is 0 Å². The van der Waals surface area contributed by atoms with E-state index in [1.807, 2.05) is 0 Å². The molecule has 0 amide bonds. The molecular formula is C10H9ClS. The number of halogens is 1. The summed E-state index contributed by atoms with van der Waals surface area (Å²) in [4.78, 5) is 1.29. The van der Waals surface area contributed by atoms with Crippen molar-refractivity contribution in [2.24, 2.45) is 0 Å². The van der Waals surface area contributed by atoms with Gasteiger partial charge in [0, 0.05) is 9.58 Å². The molecule has 2 heteroatoms. The van der Waals surface area contributed by atoms with Gasteiger partial charge in [-0.2, -0.15) is 0 Å². The lowest BCUT2D eigenvalue weighted by atomic mass is 10.2. The lowest BCUT2D eigenvalue weighted by Gasteiger charge is -1.90. The third-order valence-electron chi connectivity index (χ3n) is 2.06. The average Bonchev–Trinajstić information content (AvgIpc) is 2.44. The molecule has 0 nitrogen and oxygen atoms in total. The number of aryl methyl sites for hydroxylation is 1. The lowest BCUT2D eigenvalue weighted by molar-refractivity contribution is 1.42. The molecule has 1 aromatic heterocycles. The van der Waals surface area contributed by atoms with E-state index in [2.05, 4.69) is 31.2 Å². The smallest absolute Gasteiger partial charge is 0.0571 e. The molecule has 0 aliphatic rings. The quantitative estimate of drug-likeness (QED) is 0.606. The molecule has 0 unspecified atom stereocenters. The van der Waals surface area contributed by atoms with Crippen molar-refractivity contribution in [3.63, 3.8) is 0 Å². The number of thiophene rings is 1. The topological polar surface area (TPSA) is 0 Å². The monoisotopic (exact) mass is 196 g/mol. The molecule has 0 radical (unpaired) electrons. The van der Waals surface area contributed by atoms with Gasteiger partial charge in [0.05, 0.1) is 5.88 Å². The molecule has 12 heavy (non-hydrogen) atoms. The van der Waals surface area contributed by atoms with Gasteiger partial charge >= 0.3 is 0 Å². The Kier molecular flexibility index (Phi) is 2.07. The molecule has 62 valence electrons. The molecule has 0 N–H and O–H groups in total. The number of benzene rings is 1. The van der Waals surface area contributed by atoms with Crippen molar-refractivity contribution in [3.8, 4) is 0 Å². The summed E-state index contributed by atoms with van der Waals surface area (Å²) >= 11 is 7.61. The number of rotatable bonds is 1. The van der Waals surface area contributed by atoms with E-state index in [0.717, 1.165) is 0 Å². The lowest BCUT2D eigenvalue weighted by Crippen LogP contribution is -1.73. The van der Waals surface area contributed by atoms with Gasteiger partial charge in [-0.15, -0.1) is 22.9 Å². The number of hydrogen-bond donors (Lipinski definition) is 0. The first-order valence-electron chi connectivity index (χ1n) is 3.86. The van der Waals surface area contributed by atoms with Gasteiger partial charge in [0.1, 0.15) is 0 Å². The van der Waals surface area contributed by atoms with Crippen LogP contribution in [0.4, 0.5) is 0 Å². The Hall–Kier alpha value is -0.530. The Balaban J connectivity index is 2.78. The summed E-state index contributed by atoms with van der Waals surface area (Å²) in [5, 5.41) is 1.35. The summed E-state index contributed by atoms with van der Waals surface area (Å²) in [5.41, 5.74) is 1.34. The van der Waals surface area contributed by atoms with Gasteiger partial charge in [-0.3, -0.25) is 0 Å². The minimum Gasteiger partial charge on any atom is -0.139 e. The first-order chi connectivity index (χ1) is 5.83. The molecule has 1 aromatic carbocycles. The van der Waals surface area contributed by atoms with Crippen LogP contribution in [0.5, 0.6) is 0 Å². The van der Waals surface area contributed by atoms with E-state index in [1.165, 1.54) is 20.5 Å². The molecule has 1 heterocycles. The van der Waals surface area contributed by atoms with Crippen molar-refractivity contribution < 1.29 is 0 Å². The number of fused-ring (bicyclic) bond motifs is 1. The van der Waals surface area contributed by atoms with Crippen molar-refractivity contribution in [1.82, 2.24) is 0 Å². The zero-order chi connectivity index (χ0) is 8.55. The van der Waals surface area contributed by atoms with E-state index in [4.69, 9.17) is 11.6 Å². The second-order valence-electron chi connectivity index (χ2n) is 2.78. The summed E-state index contributed by atoms with van der Waals surface area (Å²) in [6.07, 6.45) is 0. The second kappa shape index (κ2) is 3.08. The maximum atomic E-state index is 5.81. The van der Waals surface area contributed by atoms with Crippen LogP contribution in [0.15, 0.2) is 24.3 Å². The summed E-state index contributed by atoms with van der Waals surface area (Å²) in [6, 6.07) is 8.43. The molecule has 2 aromatic rings. The summed E-state index contributed by atoms with van der Waals surface area (Å²) < 4.78 is 1.34. The van der Waals surface area contributed by atoms with E-state index in [9.17, 15) is 0 Å². The molecule has 0 fully saturated rings. The van der Waals surface area contributed by atoms with Gasteiger partial charge < -0.3 is 0 Å². The first kappa shape index (κ1) is 8.09. The maximum absolute atomic E-state index is 5.81. The molecule has 0 saturated carbocycles. The molecule has 0 spiro atoms. The zero-order valence-electron chi connectivity index (χ0n) is 6.80. The zero-order valence-corrected chi connectivity index (χ0v) is 8.38. The molecule has 0 bridgehead atoms. The summed E-state index contributed by atoms with van der Waals surface area (Å²) in [7, 11) is 0. The van der Waals surface area contributed by atoms with E-state index < -0.39 is 0 Å². The van der Waals surface area contributed by atoms with E-state index in [1.54, 1.807) is 11.3 Å². The Morgan fingerprint density at radius 2 is 2.08 bits per heavy atom. The normalized spacial score (nSPS) is 10.8. The Bertz CT molecular complexity index is 403. The van der Waals surface area contributed by atoms with Crippen LogP contribution in [-0.2, 0) is 5.88 Å². The molecule has 0 saturated heterocycles. The second-order valence-corrected chi connectivity index (χ2v) is 4.18. The highest BCUT2D eigenvalue weighted by Crippen LogP contribution is 2.31. The van der Waals surface area contributed by atoms with Crippen molar-refractivity contribution in [2.75, 3.05) is 0 Å². The van der Waals surface area contributed by atoms with Crippen LogP contribution in [0.1, 0.15) is 10.4 Å². The van der Waals surface area contributed by atoms with Crippen molar-refractivity contribution in [3.05, 3.63) is 34.7 Å². The SMILES string of the molecule is Cc1c(CCl)sc2ccccc12. The van der Waals surface area contributed by atoms with Crippen molar-refractivity contribution in [2.45, 2.75) is 12.8 Å². The highest BCUT2D eigenvalue weighted by atomic mass is 35.5. The van der Waals surface area contributed by atoms with E-state index in [-0.39, 0.29) is 0 Å². The number of hydrogen-bond acceptors (Lipinski definition) is 1. The molecule has 0 atom stereocenters. The van der Waals surface area contributed by atoms with Crippen LogP contribution in [0, 0.1) is 6.92 Å².